The van der Waals surface area contributed by atoms with Gasteiger partial charge >= 0.3 is 0 Å². The van der Waals surface area contributed by atoms with Crippen LogP contribution in [0.25, 0.3) is 0 Å². The summed E-state index contributed by atoms with van der Waals surface area (Å²) in [4.78, 5) is 11.8. The van der Waals surface area contributed by atoms with Gasteiger partial charge in [0.15, 0.2) is 0 Å². The lowest BCUT2D eigenvalue weighted by atomic mass is 10.1. The highest BCUT2D eigenvalue weighted by Crippen LogP contribution is 2.18. The van der Waals surface area contributed by atoms with E-state index in [4.69, 9.17) is 4.74 Å². The van der Waals surface area contributed by atoms with Crippen LogP contribution in [0.5, 0.6) is 5.75 Å². The van der Waals surface area contributed by atoms with Gasteiger partial charge < -0.3 is 10.1 Å². The van der Waals surface area contributed by atoms with Crippen LogP contribution >= 0.6 is 0 Å². The highest BCUT2D eigenvalue weighted by molar-refractivity contribution is 5.91. The summed E-state index contributed by atoms with van der Waals surface area (Å²) in [6.45, 7) is 6.00. The summed E-state index contributed by atoms with van der Waals surface area (Å²) >= 11 is 0. The maximum absolute atomic E-state index is 11.8. The van der Waals surface area contributed by atoms with Gasteiger partial charge in [-0.2, -0.15) is 5.10 Å². The number of carbonyl (C=O) groups excluding carboxylic acids is 1. The van der Waals surface area contributed by atoms with E-state index in [1.165, 1.54) is 0 Å². The summed E-state index contributed by atoms with van der Waals surface area (Å²) in [6.07, 6.45) is 3.53. The Morgan fingerprint density at radius 1 is 1.30 bits per heavy atom. The Morgan fingerprint density at radius 3 is 2.55 bits per heavy atom. The molecule has 0 aliphatic rings. The zero-order chi connectivity index (χ0) is 14.6. The molecule has 1 aromatic heterocycles. The molecule has 2 rings (SSSR count). The number of hydrogen-bond donors (Lipinski definition) is 2. The molecule has 0 bridgehead atoms. The second-order valence-electron chi connectivity index (χ2n) is 5.57. The van der Waals surface area contributed by atoms with Crippen molar-refractivity contribution in [3.8, 4) is 5.75 Å². The lowest BCUT2D eigenvalue weighted by Gasteiger charge is -2.21. The van der Waals surface area contributed by atoms with Crippen molar-refractivity contribution in [3.05, 3.63) is 42.2 Å². The maximum Gasteiger partial charge on any atom is 0.228 e. The summed E-state index contributed by atoms with van der Waals surface area (Å²) in [6, 6.07) is 7.56. The van der Waals surface area contributed by atoms with Crippen molar-refractivity contribution in [2.45, 2.75) is 32.8 Å². The molecule has 0 aliphatic carbocycles. The number of carbonyl (C=O) groups is 1. The quantitative estimate of drug-likeness (QED) is 0.900. The second kappa shape index (κ2) is 5.77. The largest absolute Gasteiger partial charge is 0.488 e. The number of aromatic nitrogens is 2. The minimum absolute atomic E-state index is 0.0733. The molecule has 5 heteroatoms. The number of amides is 1. The normalized spacial score (nSPS) is 11.2. The molecule has 5 nitrogen and oxygen atoms in total. The molecular weight excluding hydrogens is 254 g/mol. The molecule has 0 unspecified atom stereocenters. The number of nitrogens with zero attached hydrogens (tertiary/aromatic N) is 1. The predicted molar refractivity (Wildman–Crippen MR) is 77.7 cm³/mol. The summed E-state index contributed by atoms with van der Waals surface area (Å²) in [7, 11) is 0. The number of hydrogen-bond acceptors (Lipinski definition) is 3. The van der Waals surface area contributed by atoms with Gasteiger partial charge in [0.05, 0.1) is 18.3 Å². The molecule has 0 fully saturated rings. The van der Waals surface area contributed by atoms with E-state index in [1.54, 1.807) is 12.4 Å². The van der Waals surface area contributed by atoms with E-state index in [-0.39, 0.29) is 11.5 Å². The van der Waals surface area contributed by atoms with Gasteiger partial charge in [-0.15, -0.1) is 0 Å². The Bertz CT molecular complexity index is 554. The number of rotatable bonds is 4. The average molecular weight is 273 g/mol. The first-order valence-electron chi connectivity index (χ1n) is 6.49. The fourth-order valence-corrected chi connectivity index (χ4v) is 1.74. The zero-order valence-electron chi connectivity index (χ0n) is 11.9. The van der Waals surface area contributed by atoms with E-state index in [9.17, 15) is 4.79 Å². The Morgan fingerprint density at radius 2 is 2.00 bits per heavy atom. The molecule has 0 saturated carbocycles. The molecule has 20 heavy (non-hydrogen) atoms. The van der Waals surface area contributed by atoms with E-state index in [1.807, 2.05) is 45.0 Å². The Hall–Kier alpha value is -2.30. The van der Waals surface area contributed by atoms with Crippen LogP contribution in [0.3, 0.4) is 0 Å². The van der Waals surface area contributed by atoms with Crippen molar-refractivity contribution in [3.63, 3.8) is 0 Å². The molecule has 0 spiro atoms. The average Bonchev–Trinajstić information content (AvgIpc) is 2.82. The Balaban J connectivity index is 1.92. The predicted octanol–water partition coefficient (Wildman–Crippen LogP) is 2.77. The smallest absolute Gasteiger partial charge is 0.228 e. The van der Waals surface area contributed by atoms with Crippen molar-refractivity contribution < 1.29 is 9.53 Å². The van der Waals surface area contributed by atoms with Gasteiger partial charge in [-0.25, -0.2) is 0 Å². The van der Waals surface area contributed by atoms with Gasteiger partial charge in [-0.1, -0.05) is 12.1 Å². The molecule has 2 aromatic rings. The Kier molecular flexibility index (Phi) is 4.08. The van der Waals surface area contributed by atoms with Crippen LogP contribution in [-0.4, -0.2) is 21.7 Å². The topological polar surface area (TPSA) is 67.0 Å². The third-order valence-electron chi connectivity index (χ3n) is 2.49. The van der Waals surface area contributed by atoms with Gasteiger partial charge in [0.25, 0.3) is 0 Å². The number of H-pyrrole nitrogens is 1. The zero-order valence-corrected chi connectivity index (χ0v) is 11.9. The van der Waals surface area contributed by atoms with Crippen LogP contribution in [0.1, 0.15) is 26.3 Å². The molecule has 1 aromatic carbocycles. The number of nitrogens with one attached hydrogen (secondary N) is 2. The van der Waals surface area contributed by atoms with Crippen LogP contribution in [0.15, 0.2) is 36.7 Å². The van der Waals surface area contributed by atoms with Crippen LogP contribution < -0.4 is 10.1 Å². The Labute approximate surface area is 118 Å². The van der Waals surface area contributed by atoms with Crippen molar-refractivity contribution in [1.29, 1.82) is 0 Å². The summed E-state index contributed by atoms with van der Waals surface area (Å²) in [5, 5.41) is 9.18. The minimum atomic E-state index is -0.222. The van der Waals surface area contributed by atoms with Gasteiger partial charge in [0.2, 0.25) is 5.91 Å². The number of aromatic amines is 1. The van der Waals surface area contributed by atoms with Crippen LogP contribution in [0.4, 0.5) is 5.69 Å². The summed E-state index contributed by atoms with van der Waals surface area (Å²) in [5.74, 6) is 0.729. The number of ether oxygens (including phenoxy) is 1. The van der Waals surface area contributed by atoms with E-state index < -0.39 is 0 Å². The molecule has 0 saturated heterocycles. The molecule has 0 radical (unpaired) electrons. The molecule has 1 heterocycles. The number of anilines is 1. The standard InChI is InChI=1S/C15H19N3O2/c1-15(2,3)20-13-6-4-11(5-7-13)8-14(19)18-12-9-16-17-10-12/h4-7,9-10H,8H2,1-3H3,(H,16,17)(H,18,19). The minimum Gasteiger partial charge on any atom is -0.488 e. The maximum atomic E-state index is 11.8. The first kappa shape index (κ1) is 14.1. The molecule has 106 valence electrons. The second-order valence-corrected chi connectivity index (χ2v) is 5.57. The van der Waals surface area contributed by atoms with Gasteiger partial charge in [0.1, 0.15) is 11.4 Å². The van der Waals surface area contributed by atoms with E-state index in [0.29, 0.717) is 12.1 Å². The third-order valence-corrected chi connectivity index (χ3v) is 2.49. The van der Waals surface area contributed by atoms with Crippen molar-refractivity contribution >= 4 is 11.6 Å². The van der Waals surface area contributed by atoms with Crippen molar-refractivity contribution in [2.75, 3.05) is 5.32 Å². The SMILES string of the molecule is CC(C)(C)Oc1ccc(CC(=O)Nc2cn[nH]c2)cc1. The van der Waals surface area contributed by atoms with Gasteiger partial charge in [-0.05, 0) is 38.5 Å². The molecule has 2 N–H and O–H groups in total. The van der Waals surface area contributed by atoms with Crippen LogP contribution in [0, 0.1) is 0 Å². The number of benzene rings is 1. The van der Waals surface area contributed by atoms with E-state index in [2.05, 4.69) is 15.5 Å². The van der Waals surface area contributed by atoms with Gasteiger partial charge in [-0.3, -0.25) is 9.89 Å². The summed E-state index contributed by atoms with van der Waals surface area (Å²) in [5.41, 5.74) is 1.38. The molecular formula is C15H19N3O2. The first-order chi connectivity index (χ1) is 9.42. The third kappa shape index (κ3) is 4.42. The molecule has 0 aliphatic heterocycles. The summed E-state index contributed by atoms with van der Waals surface area (Å²) < 4.78 is 5.73. The lowest BCUT2D eigenvalue weighted by molar-refractivity contribution is -0.115. The van der Waals surface area contributed by atoms with Gasteiger partial charge in [0, 0.05) is 6.20 Å². The van der Waals surface area contributed by atoms with E-state index >= 15 is 0 Å². The highest BCUT2D eigenvalue weighted by Gasteiger charge is 2.11. The van der Waals surface area contributed by atoms with Crippen molar-refractivity contribution in [1.82, 2.24) is 10.2 Å². The van der Waals surface area contributed by atoms with Crippen molar-refractivity contribution in [2.24, 2.45) is 0 Å². The van der Waals surface area contributed by atoms with Crippen LogP contribution in [-0.2, 0) is 11.2 Å². The molecule has 1 amide bonds. The monoisotopic (exact) mass is 273 g/mol. The highest BCUT2D eigenvalue weighted by atomic mass is 16.5. The van der Waals surface area contributed by atoms with Crippen LogP contribution in [0.2, 0.25) is 0 Å². The first-order valence-corrected chi connectivity index (χ1v) is 6.49. The molecule has 0 atom stereocenters. The fraction of sp³-hybridized carbons (Fsp3) is 0.333. The van der Waals surface area contributed by atoms with E-state index in [0.717, 1.165) is 11.3 Å². The fourth-order valence-electron chi connectivity index (χ4n) is 1.74. The lowest BCUT2D eigenvalue weighted by Crippen LogP contribution is -2.22.